The fraction of sp³-hybridized carbons (Fsp3) is 0.400. The lowest BCUT2D eigenvalue weighted by atomic mass is 10.4. The summed E-state index contributed by atoms with van der Waals surface area (Å²) in [7, 11) is 0. The van der Waals surface area contributed by atoms with Crippen LogP contribution >= 0.6 is 23.6 Å². The van der Waals surface area contributed by atoms with E-state index in [1.54, 1.807) is 17.4 Å². The van der Waals surface area contributed by atoms with Gasteiger partial charge in [-0.1, -0.05) is 6.08 Å². The minimum Gasteiger partial charge on any atom is -0.362 e. The second kappa shape index (κ2) is 6.53. The zero-order chi connectivity index (χ0) is 11.1. The highest BCUT2D eigenvalue weighted by Crippen LogP contribution is 2.08. The lowest BCUT2D eigenvalue weighted by Gasteiger charge is -2.07. The van der Waals surface area contributed by atoms with Crippen molar-refractivity contribution < 1.29 is 0 Å². The third-order valence-corrected chi connectivity index (χ3v) is 3.01. The van der Waals surface area contributed by atoms with Gasteiger partial charge in [0.2, 0.25) is 0 Å². The van der Waals surface area contributed by atoms with Gasteiger partial charge in [-0.05, 0) is 19.1 Å². The van der Waals surface area contributed by atoms with Crippen LogP contribution in [0.15, 0.2) is 18.0 Å². The molecule has 0 aliphatic rings. The normalized spacial score (nSPS) is 9.67. The summed E-state index contributed by atoms with van der Waals surface area (Å²) >= 11 is 6.74. The fourth-order valence-corrected chi connectivity index (χ4v) is 1.99. The summed E-state index contributed by atoms with van der Waals surface area (Å²) in [5, 5.41) is 10.00. The smallest absolute Gasteiger partial charge is 0.166 e. The first kappa shape index (κ1) is 12.1. The average molecular weight is 241 g/mol. The number of hydrogen-bond donors (Lipinski definition) is 2. The van der Waals surface area contributed by atoms with Crippen molar-refractivity contribution in [2.45, 2.75) is 13.3 Å². The average Bonchev–Trinajstić information content (AvgIpc) is 2.61. The second-order valence-corrected chi connectivity index (χ2v) is 4.41. The van der Waals surface area contributed by atoms with Gasteiger partial charge < -0.3 is 10.6 Å². The third kappa shape index (κ3) is 4.90. The molecule has 0 atom stereocenters. The Morgan fingerprint density at radius 2 is 2.47 bits per heavy atom. The molecule has 5 heteroatoms. The number of nitrogens with zero attached hydrogens (tertiary/aromatic N) is 1. The predicted octanol–water partition coefficient (Wildman–Crippen LogP) is 1.64. The number of nitrogens with one attached hydrogen (secondary N) is 2. The van der Waals surface area contributed by atoms with Gasteiger partial charge in [-0.3, -0.25) is 0 Å². The molecule has 1 aromatic heterocycles. The molecular formula is C10H15N3S2. The van der Waals surface area contributed by atoms with Gasteiger partial charge in [0.1, 0.15) is 0 Å². The molecule has 1 aromatic rings. The standard InChI is InChI=1S/C10H15N3S2/c1-3-5-11-10(14)12-6-4-9-13-8(2)7-15-9/h3,7H,1,4-6H2,2H3,(H2,11,12,14). The first-order valence-electron chi connectivity index (χ1n) is 4.76. The van der Waals surface area contributed by atoms with Gasteiger partial charge in [-0.15, -0.1) is 17.9 Å². The monoisotopic (exact) mass is 241 g/mol. The van der Waals surface area contributed by atoms with Crippen LogP contribution in [0.5, 0.6) is 0 Å². The van der Waals surface area contributed by atoms with E-state index in [-0.39, 0.29) is 0 Å². The topological polar surface area (TPSA) is 37.0 Å². The van der Waals surface area contributed by atoms with E-state index < -0.39 is 0 Å². The van der Waals surface area contributed by atoms with Gasteiger partial charge in [-0.25, -0.2) is 4.98 Å². The van der Waals surface area contributed by atoms with E-state index >= 15 is 0 Å². The first-order chi connectivity index (χ1) is 7.22. The Morgan fingerprint density at radius 3 is 3.07 bits per heavy atom. The van der Waals surface area contributed by atoms with Gasteiger partial charge >= 0.3 is 0 Å². The zero-order valence-electron chi connectivity index (χ0n) is 8.75. The Morgan fingerprint density at radius 1 is 1.67 bits per heavy atom. The molecule has 2 N–H and O–H groups in total. The molecule has 0 saturated carbocycles. The SMILES string of the molecule is C=CCNC(=S)NCCc1nc(C)cs1. The van der Waals surface area contributed by atoms with Crippen molar-refractivity contribution >= 4 is 28.7 Å². The van der Waals surface area contributed by atoms with Crippen LogP contribution in [0.3, 0.4) is 0 Å². The molecule has 0 spiro atoms. The number of thiocarbonyl (C=S) groups is 1. The Balaban J connectivity index is 2.16. The van der Waals surface area contributed by atoms with Crippen molar-refractivity contribution in [3.63, 3.8) is 0 Å². The molecule has 0 saturated heterocycles. The van der Waals surface area contributed by atoms with E-state index in [4.69, 9.17) is 12.2 Å². The largest absolute Gasteiger partial charge is 0.362 e. The highest BCUT2D eigenvalue weighted by Gasteiger charge is 1.98. The van der Waals surface area contributed by atoms with Crippen LogP contribution in [0.25, 0.3) is 0 Å². The van der Waals surface area contributed by atoms with Crippen molar-refractivity contribution in [1.82, 2.24) is 15.6 Å². The van der Waals surface area contributed by atoms with Crippen LogP contribution in [0.2, 0.25) is 0 Å². The van der Waals surface area contributed by atoms with E-state index in [1.807, 2.05) is 6.92 Å². The van der Waals surface area contributed by atoms with Crippen LogP contribution in [0.1, 0.15) is 10.7 Å². The maximum atomic E-state index is 5.05. The summed E-state index contributed by atoms with van der Waals surface area (Å²) in [5.41, 5.74) is 1.09. The highest BCUT2D eigenvalue weighted by atomic mass is 32.1. The summed E-state index contributed by atoms with van der Waals surface area (Å²) in [6, 6.07) is 0. The predicted molar refractivity (Wildman–Crippen MR) is 69.4 cm³/mol. The zero-order valence-corrected chi connectivity index (χ0v) is 10.4. The maximum absolute atomic E-state index is 5.05. The molecule has 0 radical (unpaired) electrons. The molecular weight excluding hydrogens is 226 g/mol. The van der Waals surface area contributed by atoms with E-state index in [0.717, 1.165) is 23.7 Å². The molecule has 0 bridgehead atoms. The highest BCUT2D eigenvalue weighted by molar-refractivity contribution is 7.80. The number of thiazole rings is 1. The number of hydrogen-bond acceptors (Lipinski definition) is 3. The minimum absolute atomic E-state index is 0.670. The van der Waals surface area contributed by atoms with Gasteiger partial charge in [0.25, 0.3) is 0 Å². The molecule has 3 nitrogen and oxygen atoms in total. The van der Waals surface area contributed by atoms with E-state index in [1.165, 1.54) is 0 Å². The van der Waals surface area contributed by atoms with E-state index in [2.05, 4.69) is 27.6 Å². The Hall–Kier alpha value is -0.940. The van der Waals surface area contributed by atoms with Crippen LogP contribution in [0, 0.1) is 6.92 Å². The van der Waals surface area contributed by atoms with Crippen molar-refractivity contribution in [1.29, 1.82) is 0 Å². The van der Waals surface area contributed by atoms with Crippen LogP contribution in [-0.2, 0) is 6.42 Å². The summed E-state index contributed by atoms with van der Waals surface area (Å²) in [5.74, 6) is 0. The lowest BCUT2D eigenvalue weighted by Crippen LogP contribution is -2.36. The van der Waals surface area contributed by atoms with Crippen molar-refractivity contribution in [3.8, 4) is 0 Å². The summed E-state index contributed by atoms with van der Waals surface area (Å²) in [6.07, 6.45) is 2.69. The molecule has 82 valence electrons. The Kier molecular flexibility index (Phi) is 5.28. The van der Waals surface area contributed by atoms with Crippen molar-refractivity contribution in [2.24, 2.45) is 0 Å². The quantitative estimate of drug-likeness (QED) is 0.607. The third-order valence-electron chi connectivity index (χ3n) is 1.70. The molecule has 0 fully saturated rings. The Bertz CT molecular complexity index is 333. The van der Waals surface area contributed by atoms with Crippen LogP contribution in [-0.4, -0.2) is 23.2 Å². The second-order valence-electron chi connectivity index (χ2n) is 3.06. The number of aryl methyl sites for hydroxylation is 1. The maximum Gasteiger partial charge on any atom is 0.166 e. The number of rotatable bonds is 5. The van der Waals surface area contributed by atoms with Gasteiger partial charge in [0.15, 0.2) is 5.11 Å². The molecule has 1 rings (SSSR count). The minimum atomic E-state index is 0.670. The molecule has 15 heavy (non-hydrogen) atoms. The van der Waals surface area contributed by atoms with Gasteiger partial charge in [-0.2, -0.15) is 0 Å². The first-order valence-corrected chi connectivity index (χ1v) is 6.04. The van der Waals surface area contributed by atoms with Crippen molar-refractivity contribution in [2.75, 3.05) is 13.1 Å². The van der Waals surface area contributed by atoms with Gasteiger partial charge in [0, 0.05) is 30.6 Å². The number of aromatic nitrogens is 1. The molecule has 0 aliphatic carbocycles. The van der Waals surface area contributed by atoms with Crippen LogP contribution < -0.4 is 10.6 Å². The van der Waals surface area contributed by atoms with Crippen molar-refractivity contribution in [3.05, 3.63) is 28.7 Å². The van der Waals surface area contributed by atoms with Crippen LogP contribution in [0.4, 0.5) is 0 Å². The molecule has 0 aromatic carbocycles. The lowest BCUT2D eigenvalue weighted by molar-refractivity contribution is 0.833. The van der Waals surface area contributed by atoms with E-state index in [9.17, 15) is 0 Å². The Labute approximate surface area is 99.6 Å². The molecule has 0 amide bonds. The molecule has 1 heterocycles. The summed E-state index contributed by atoms with van der Waals surface area (Å²) in [6.45, 7) is 7.12. The summed E-state index contributed by atoms with van der Waals surface area (Å²) < 4.78 is 0. The molecule has 0 aliphatic heterocycles. The fourth-order valence-electron chi connectivity index (χ4n) is 1.03. The van der Waals surface area contributed by atoms with E-state index in [0.29, 0.717) is 11.7 Å². The van der Waals surface area contributed by atoms with Gasteiger partial charge in [0.05, 0.1) is 5.01 Å². The molecule has 0 unspecified atom stereocenters. The summed E-state index contributed by atoms with van der Waals surface area (Å²) in [4.78, 5) is 4.37.